The maximum Gasteiger partial charge on any atom is 0.126 e. The Morgan fingerprint density at radius 1 is 1.20 bits per heavy atom. The Morgan fingerprint density at radius 2 is 1.95 bits per heavy atom. The molecule has 0 heterocycles. The van der Waals surface area contributed by atoms with Crippen molar-refractivity contribution in [3.05, 3.63) is 64.4 Å². The predicted molar refractivity (Wildman–Crippen MR) is 77.6 cm³/mol. The summed E-state index contributed by atoms with van der Waals surface area (Å²) in [5.41, 5.74) is 1.12. The Balaban J connectivity index is 2.11. The van der Waals surface area contributed by atoms with E-state index >= 15 is 0 Å². The van der Waals surface area contributed by atoms with Crippen LogP contribution < -0.4 is 4.74 Å². The van der Waals surface area contributed by atoms with Gasteiger partial charge in [0.25, 0.3) is 0 Å². The molecule has 106 valence electrons. The lowest BCUT2D eigenvalue weighted by Gasteiger charge is -2.21. The number of halogens is 2. The largest absolute Gasteiger partial charge is 0.488 e. The molecule has 4 heteroatoms. The minimum absolute atomic E-state index is 0.288. The molecule has 2 aromatic carbocycles. The highest BCUT2D eigenvalue weighted by Gasteiger charge is 2.19. The monoisotopic (exact) mass is 294 g/mol. The number of ether oxygens (including phenoxy) is 1. The van der Waals surface area contributed by atoms with Crippen LogP contribution in [0.25, 0.3) is 0 Å². The van der Waals surface area contributed by atoms with Crippen molar-refractivity contribution in [2.24, 2.45) is 0 Å². The molecule has 0 amide bonds. The first-order valence-corrected chi connectivity index (χ1v) is 6.71. The summed E-state index contributed by atoms with van der Waals surface area (Å²) < 4.78 is 18.9. The summed E-state index contributed by atoms with van der Waals surface area (Å²) in [6.45, 7) is 3.41. The summed E-state index contributed by atoms with van der Waals surface area (Å²) in [6.07, 6.45) is -1.31. The Hall–Kier alpha value is -1.58. The lowest BCUT2D eigenvalue weighted by atomic mass is 10.0. The number of rotatable bonds is 4. The quantitative estimate of drug-likeness (QED) is 0.911. The molecule has 20 heavy (non-hydrogen) atoms. The van der Waals surface area contributed by atoms with Crippen molar-refractivity contribution >= 4 is 11.6 Å². The summed E-state index contributed by atoms with van der Waals surface area (Å²) in [7, 11) is 0. The van der Waals surface area contributed by atoms with Crippen molar-refractivity contribution < 1.29 is 14.2 Å². The number of hydrogen-bond acceptors (Lipinski definition) is 2. The molecule has 2 aromatic rings. The number of benzene rings is 2. The molecule has 0 aromatic heterocycles. The molecule has 0 fully saturated rings. The standard InChI is InChI=1S/C16H16ClFO2/c1-10-8-12(6-7-15(10)18)16(19)11(2)20-14-5-3-4-13(17)9-14/h3-9,11,16,19H,1-2H3. The van der Waals surface area contributed by atoms with Gasteiger partial charge in [-0.25, -0.2) is 4.39 Å². The SMILES string of the molecule is Cc1cc(C(O)C(C)Oc2cccc(Cl)c2)ccc1F. The predicted octanol–water partition coefficient (Wildman–Crippen LogP) is 4.29. The highest BCUT2D eigenvalue weighted by atomic mass is 35.5. The Kier molecular flexibility index (Phi) is 4.63. The molecule has 2 rings (SSSR count). The van der Waals surface area contributed by atoms with Gasteiger partial charge in [0.2, 0.25) is 0 Å². The first kappa shape index (κ1) is 14.8. The van der Waals surface area contributed by atoms with E-state index in [1.807, 2.05) is 0 Å². The third-order valence-electron chi connectivity index (χ3n) is 3.09. The molecule has 0 aliphatic rings. The third-order valence-corrected chi connectivity index (χ3v) is 3.32. The van der Waals surface area contributed by atoms with Crippen LogP contribution in [-0.4, -0.2) is 11.2 Å². The molecule has 0 spiro atoms. The summed E-state index contributed by atoms with van der Waals surface area (Å²) >= 11 is 5.88. The van der Waals surface area contributed by atoms with Crippen molar-refractivity contribution in [2.45, 2.75) is 26.1 Å². The molecule has 2 unspecified atom stereocenters. The zero-order valence-electron chi connectivity index (χ0n) is 11.3. The van der Waals surface area contributed by atoms with Crippen LogP contribution in [0.3, 0.4) is 0 Å². The van der Waals surface area contributed by atoms with Gasteiger partial charge in [0, 0.05) is 5.02 Å². The molecule has 2 nitrogen and oxygen atoms in total. The van der Waals surface area contributed by atoms with E-state index in [-0.39, 0.29) is 5.82 Å². The zero-order chi connectivity index (χ0) is 14.7. The summed E-state index contributed by atoms with van der Waals surface area (Å²) in [4.78, 5) is 0. The normalized spacial score (nSPS) is 13.8. The van der Waals surface area contributed by atoms with E-state index in [0.717, 1.165) is 0 Å². The van der Waals surface area contributed by atoms with Crippen molar-refractivity contribution in [1.82, 2.24) is 0 Å². The van der Waals surface area contributed by atoms with Gasteiger partial charge in [-0.15, -0.1) is 0 Å². The van der Waals surface area contributed by atoms with Crippen molar-refractivity contribution in [2.75, 3.05) is 0 Å². The lowest BCUT2D eigenvalue weighted by molar-refractivity contribution is 0.0467. The van der Waals surface area contributed by atoms with Crippen LogP contribution in [0.1, 0.15) is 24.2 Å². The Morgan fingerprint density at radius 3 is 2.60 bits per heavy atom. The van der Waals surface area contributed by atoms with Gasteiger partial charge in [0.05, 0.1) is 0 Å². The Labute approximate surface area is 122 Å². The molecule has 0 bridgehead atoms. The van der Waals surface area contributed by atoms with Crippen LogP contribution in [0, 0.1) is 12.7 Å². The van der Waals surface area contributed by atoms with Crippen LogP contribution >= 0.6 is 11.6 Å². The van der Waals surface area contributed by atoms with Crippen LogP contribution in [0.5, 0.6) is 5.75 Å². The van der Waals surface area contributed by atoms with E-state index in [1.54, 1.807) is 50.2 Å². The van der Waals surface area contributed by atoms with E-state index in [0.29, 0.717) is 21.9 Å². The van der Waals surface area contributed by atoms with E-state index < -0.39 is 12.2 Å². The number of hydrogen-bond donors (Lipinski definition) is 1. The van der Waals surface area contributed by atoms with Crippen molar-refractivity contribution in [1.29, 1.82) is 0 Å². The summed E-state index contributed by atoms with van der Waals surface area (Å²) in [5, 5.41) is 10.8. The minimum Gasteiger partial charge on any atom is -0.488 e. The number of aliphatic hydroxyl groups excluding tert-OH is 1. The average molecular weight is 295 g/mol. The van der Waals surface area contributed by atoms with E-state index in [2.05, 4.69) is 0 Å². The molecule has 0 aliphatic carbocycles. The molecular formula is C16H16ClFO2. The average Bonchev–Trinajstić information content (AvgIpc) is 2.41. The topological polar surface area (TPSA) is 29.5 Å². The maximum atomic E-state index is 13.2. The summed E-state index contributed by atoms with van der Waals surface area (Å²) in [6, 6.07) is 11.5. The number of aryl methyl sites for hydroxylation is 1. The molecule has 0 saturated carbocycles. The van der Waals surface area contributed by atoms with Gasteiger partial charge in [-0.2, -0.15) is 0 Å². The van der Waals surface area contributed by atoms with Crippen molar-refractivity contribution in [3.8, 4) is 5.75 Å². The molecule has 1 N–H and O–H groups in total. The Bertz CT molecular complexity index is 601. The van der Waals surface area contributed by atoms with E-state index in [1.165, 1.54) is 6.07 Å². The molecule has 0 aliphatic heterocycles. The van der Waals surface area contributed by atoms with Crippen molar-refractivity contribution in [3.63, 3.8) is 0 Å². The van der Waals surface area contributed by atoms with Gasteiger partial charge in [0.15, 0.2) is 0 Å². The van der Waals surface area contributed by atoms with Crippen LogP contribution in [0.4, 0.5) is 4.39 Å². The summed E-state index contributed by atoms with van der Waals surface area (Å²) in [5.74, 6) is 0.298. The molecular weight excluding hydrogens is 279 g/mol. The number of aliphatic hydroxyl groups is 1. The molecule has 0 saturated heterocycles. The second kappa shape index (κ2) is 6.25. The van der Waals surface area contributed by atoms with Gasteiger partial charge < -0.3 is 9.84 Å². The second-order valence-electron chi connectivity index (χ2n) is 4.73. The van der Waals surface area contributed by atoms with E-state index in [4.69, 9.17) is 16.3 Å². The van der Waals surface area contributed by atoms with Crippen LogP contribution in [0.15, 0.2) is 42.5 Å². The first-order valence-electron chi connectivity index (χ1n) is 6.33. The van der Waals surface area contributed by atoms with E-state index in [9.17, 15) is 9.50 Å². The van der Waals surface area contributed by atoms with Gasteiger partial charge in [0.1, 0.15) is 23.8 Å². The van der Waals surface area contributed by atoms with Gasteiger partial charge in [-0.05, 0) is 49.2 Å². The fraction of sp³-hybridized carbons (Fsp3) is 0.250. The highest BCUT2D eigenvalue weighted by molar-refractivity contribution is 6.30. The molecule has 2 atom stereocenters. The smallest absolute Gasteiger partial charge is 0.126 e. The van der Waals surface area contributed by atoms with Crippen LogP contribution in [0.2, 0.25) is 5.02 Å². The minimum atomic E-state index is -0.840. The van der Waals surface area contributed by atoms with Gasteiger partial charge >= 0.3 is 0 Å². The fourth-order valence-electron chi connectivity index (χ4n) is 1.94. The lowest BCUT2D eigenvalue weighted by Crippen LogP contribution is -2.21. The zero-order valence-corrected chi connectivity index (χ0v) is 12.1. The fourth-order valence-corrected chi connectivity index (χ4v) is 2.12. The third kappa shape index (κ3) is 3.50. The molecule has 0 radical (unpaired) electrons. The highest BCUT2D eigenvalue weighted by Crippen LogP contribution is 2.25. The first-order chi connectivity index (χ1) is 9.47. The van der Waals surface area contributed by atoms with Gasteiger partial charge in [-0.3, -0.25) is 0 Å². The maximum absolute atomic E-state index is 13.2. The second-order valence-corrected chi connectivity index (χ2v) is 5.17. The van der Waals surface area contributed by atoms with Gasteiger partial charge in [-0.1, -0.05) is 29.8 Å². The van der Waals surface area contributed by atoms with Crippen LogP contribution in [-0.2, 0) is 0 Å².